The second-order valence-electron chi connectivity index (χ2n) is 4.97. The molecule has 0 fully saturated rings. The molecule has 0 bridgehead atoms. The van der Waals surface area contributed by atoms with E-state index in [2.05, 4.69) is 10.6 Å². The van der Waals surface area contributed by atoms with Crippen molar-refractivity contribution in [2.24, 2.45) is 5.92 Å². The summed E-state index contributed by atoms with van der Waals surface area (Å²) in [4.78, 5) is 23.3. The molecule has 0 saturated carbocycles. The van der Waals surface area contributed by atoms with E-state index in [9.17, 15) is 9.59 Å². The van der Waals surface area contributed by atoms with E-state index in [0.29, 0.717) is 17.1 Å². The summed E-state index contributed by atoms with van der Waals surface area (Å²) in [6.45, 7) is 2.59. The maximum absolute atomic E-state index is 11.8. The summed E-state index contributed by atoms with van der Waals surface area (Å²) in [5.41, 5.74) is 0.462. The van der Waals surface area contributed by atoms with E-state index in [1.165, 1.54) is 0 Å². The molecule has 1 rings (SSSR count). The van der Waals surface area contributed by atoms with Crippen molar-refractivity contribution in [2.45, 2.75) is 19.8 Å². The first-order valence-corrected chi connectivity index (χ1v) is 7.32. The van der Waals surface area contributed by atoms with Crippen LogP contribution in [0.25, 0.3) is 0 Å². The zero-order chi connectivity index (χ0) is 15.7. The number of carbonyl (C=O) groups excluding carboxylic acids is 2. The summed E-state index contributed by atoms with van der Waals surface area (Å²) >= 11 is 5.74. The second-order valence-corrected chi connectivity index (χ2v) is 5.41. The lowest BCUT2D eigenvalue weighted by Crippen LogP contribution is -2.37. The standard InChI is InChI=1S/C15H21ClN2O3/c1-11(10-19)3-2-8-17-14(20)9-18-15(21)12-4-6-13(16)7-5-12/h4-7,11,19H,2-3,8-10H2,1H3,(H,17,20)(H,18,21). The van der Waals surface area contributed by atoms with Gasteiger partial charge in [0.25, 0.3) is 5.91 Å². The van der Waals surface area contributed by atoms with E-state index >= 15 is 0 Å². The van der Waals surface area contributed by atoms with E-state index < -0.39 is 0 Å². The number of aliphatic hydroxyl groups excluding tert-OH is 1. The summed E-state index contributed by atoms with van der Waals surface area (Å²) in [5, 5.41) is 14.7. The summed E-state index contributed by atoms with van der Waals surface area (Å²) in [6.07, 6.45) is 1.66. The Morgan fingerprint density at radius 3 is 2.52 bits per heavy atom. The molecule has 1 atom stereocenters. The first-order valence-electron chi connectivity index (χ1n) is 6.94. The highest BCUT2D eigenvalue weighted by Gasteiger charge is 2.07. The Kier molecular flexibility index (Phi) is 7.79. The predicted molar refractivity (Wildman–Crippen MR) is 82.3 cm³/mol. The summed E-state index contributed by atoms with van der Waals surface area (Å²) in [7, 11) is 0. The van der Waals surface area contributed by atoms with Crippen molar-refractivity contribution in [1.29, 1.82) is 0 Å². The van der Waals surface area contributed by atoms with Crippen LogP contribution >= 0.6 is 11.6 Å². The Morgan fingerprint density at radius 2 is 1.90 bits per heavy atom. The van der Waals surface area contributed by atoms with Crippen LogP contribution in [0, 0.1) is 5.92 Å². The minimum absolute atomic E-state index is 0.0585. The third-order valence-electron chi connectivity index (χ3n) is 3.02. The molecule has 0 saturated heterocycles. The molecule has 5 nitrogen and oxygen atoms in total. The molecule has 2 amide bonds. The summed E-state index contributed by atoms with van der Waals surface area (Å²) in [5.74, 6) is -0.295. The molecule has 0 heterocycles. The monoisotopic (exact) mass is 312 g/mol. The Balaban J connectivity index is 2.20. The van der Waals surface area contributed by atoms with E-state index in [0.717, 1.165) is 12.8 Å². The van der Waals surface area contributed by atoms with E-state index in [1.54, 1.807) is 24.3 Å². The number of amides is 2. The molecule has 0 aromatic heterocycles. The van der Waals surface area contributed by atoms with Crippen LogP contribution in [0.3, 0.4) is 0 Å². The molecule has 0 aliphatic heterocycles. The van der Waals surface area contributed by atoms with Gasteiger partial charge >= 0.3 is 0 Å². The second kappa shape index (κ2) is 9.37. The number of hydrogen-bond acceptors (Lipinski definition) is 3. The average molecular weight is 313 g/mol. The van der Waals surface area contributed by atoms with Gasteiger partial charge in [0, 0.05) is 23.7 Å². The minimum atomic E-state index is -0.310. The fourth-order valence-electron chi connectivity index (χ4n) is 1.70. The number of carbonyl (C=O) groups is 2. The molecular formula is C15H21ClN2O3. The van der Waals surface area contributed by atoms with Crippen LogP contribution in [0.4, 0.5) is 0 Å². The molecule has 6 heteroatoms. The van der Waals surface area contributed by atoms with Crippen molar-refractivity contribution < 1.29 is 14.7 Å². The van der Waals surface area contributed by atoms with Crippen LogP contribution in [-0.4, -0.2) is 36.6 Å². The van der Waals surface area contributed by atoms with Crippen molar-refractivity contribution in [1.82, 2.24) is 10.6 Å². The fourth-order valence-corrected chi connectivity index (χ4v) is 1.82. The maximum atomic E-state index is 11.8. The smallest absolute Gasteiger partial charge is 0.251 e. The van der Waals surface area contributed by atoms with Gasteiger partial charge in [-0.15, -0.1) is 0 Å². The normalized spacial score (nSPS) is 11.8. The van der Waals surface area contributed by atoms with Crippen LogP contribution in [-0.2, 0) is 4.79 Å². The molecule has 3 N–H and O–H groups in total. The van der Waals surface area contributed by atoms with Gasteiger partial charge in [-0.1, -0.05) is 18.5 Å². The lowest BCUT2D eigenvalue weighted by atomic mass is 10.1. The molecule has 0 radical (unpaired) electrons. The Morgan fingerprint density at radius 1 is 1.24 bits per heavy atom. The first-order chi connectivity index (χ1) is 10.0. The zero-order valence-electron chi connectivity index (χ0n) is 12.1. The Hall–Kier alpha value is -1.59. The highest BCUT2D eigenvalue weighted by atomic mass is 35.5. The Bertz CT molecular complexity index is 462. The molecule has 116 valence electrons. The number of nitrogens with one attached hydrogen (secondary N) is 2. The number of hydrogen-bond donors (Lipinski definition) is 3. The van der Waals surface area contributed by atoms with Gasteiger partial charge in [-0.2, -0.15) is 0 Å². The SMILES string of the molecule is CC(CO)CCCNC(=O)CNC(=O)c1ccc(Cl)cc1. The Labute approximate surface area is 129 Å². The van der Waals surface area contributed by atoms with Crippen molar-refractivity contribution in [2.75, 3.05) is 19.7 Å². The average Bonchev–Trinajstić information content (AvgIpc) is 2.49. The van der Waals surface area contributed by atoms with Crippen LogP contribution < -0.4 is 10.6 Å². The third-order valence-corrected chi connectivity index (χ3v) is 3.28. The van der Waals surface area contributed by atoms with Gasteiger partial charge in [-0.25, -0.2) is 0 Å². The molecule has 0 spiro atoms. The highest BCUT2D eigenvalue weighted by Crippen LogP contribution is 2.09. The van der Waals surface area contributed by atoms with E-state index in [1.807, 2.05) is 6.92 Å². The molecular weight excluding hydrogens is 292 g/mol. The molecule has 21 heavy (non-hydrogen) atoms. The van der Waals surface area contributed by atoms with Crippen LogP contribution in [0.5, 0.6) is 0 Å². The third kappa shape index (κ3) is 7.11. The molecule has 0 aliphatic carbocycles. The predicted octanol–water partition coefficient (Wildman–Crippen LogP) is 1.59. The van der Waals surface area contributed by atoms with E-state index in [-0.39, 0.29) is 30.9 Å². The number of benzene rings is 1. The minimum Gasteiger partial charge on any atom is -0.396 e. The quantitative estimate of drug-likeness (QED) is 0.638. The van der Waals surface area contributed by atoms with Gasteiger partial charge in [0.1, 0.15) is 0 Å². The van der Waals surface area contributed by atoms with Gasteiger partial charge < -0.3 is 15.7 Å². The van der Waals surface area contributed by atoms with E-state index in [4.69, 9.17) is 16.7 Å². The largest absolute Gasteiger partial charge is 0.396 e. The van der Waals surface area contributed by atoms with Crippen LogP contribution in [0.15, 0.2) is 24.3 Å². The van der Waals surface area contributed by atoms with Crippen molar-refractivity contribution >= 4 is 23.4 Å². The van der Waals surface area contributed by atoms with Crippen molar-refractivity contribution in [3.8, 4) is 0 Å². The maximum Gasteiger partial charge on any atom is 0.251 e. The van der Waals surface area contributed by atoms with Gasteiger partial charge in [-0.3, -0.25) is 9.59 Å². The first kappa shape index (κ1) is 17.5. The zero-order valence-corrected chi connectivity index (χ0v) is 12.8. The molecule has 0 aliphatic rings. The van der Waals surface area contributed by atoms with Gasteiger partial charge in [-0.05, 0) is 43.0 Å². The van der Waals surface area contributed by atoms with Crippen LogP contribution in [0.2, 0.25) is 5.02 Å². The molecule has 1 aromatic rings. The van der Waals surface area contributed by atoms with Crippen molar-refractivity contribution in [3.63, 3.8) is 0 Å². The summed E-state index contributed by atoms with van der Waals surface area (Å²) < 4.78 is 0. The van der Waals surface area contributed by atoms with Crippen molar-refractivity contribution in [3.05, 3.63) is 34.9 Å². The van der Waals surface area contributed by atoms with Gasteiger partial charge in [0.15, 0.2) is 0 Å². The fraction of sp³-hybridized carbons (Fsp3) is 0.467. The highest BCUT2D eigenvalue weighted by molar-refractivity contribution is 6.30. The van der Waals surface area contributed by atoms with Crippen LogP contribution in [0.1, 0.15) is 30.1 Å². The lowest BCUT2D eigenvalue weighted by Gasteiger charge is -2.09. The number of aliphatic hydroxyl groups is 1. The lowest BCUT2D eigenvalue weighted by molar-refractivity contribution is -0.120. The molecule has 1 unspecified atom stereocenters. The molecule has 1 aromatic carbocycles. The topological polar surface area (TPSA) is 78.4 Å². The van der Waals surface area contributed by atoms with Gasteiger partial charge in [0.05, 0.1) is 6.54 Å². The summed E-state index contributed by atoms with van der Waals surface area (Å²) in [6, 6.07) is 6.45. The number of rotatable bonds is 8. The van der Waals surface area contributed by atoms with Gasteiger partial charge in [0.2, 0.25) is 5.91 Å². The number of halogens is 1.